The van der Waals surface area contributed by atoms with Crippen molar-refractivity contribution in [2.24, 2.45) is 0 Å². The van der Waals surface area contributed by atoms with E-state index in [1.54, 1.807) is 18.3 Å². The van der Waals surface area contributed by atoms with Crippen molar-refractivity contribution in [2.75, 3.05) is 16.8 Å². The first-order valence-electron chi connectivity index (χ1n) is 7.40. The van der Waals surface area contributed by atoms with Crippen molar-refractivity contribution in [1.29, 1.82) is 0 Å². The first-order valence-corrected chi connectivity index (χ1v) is 7.78. The lowest BCUT2D eigenvalue weighted by Crippen LogP contribution is -2.42. The number of anilines is 2. The average molecular weight is 316 g/mol. The van der Waals surface area contributed by atoms with E-state index in [0.29, 0.717) is 23.4 Å². The van der Waals surface area contributed by atoms with Crippen LogP contribution in [-0.2, 0) is 11.2 Å². The van der Waals surface area contributed by atoms with E-state index in [-0.39, 0.29) is 5.91 Å². The number of aromatic nitrogens is 1. The van der Waals surface area contributed by atoms with Crippen LogP contribution >= 0.6 is 11.6 Å². The number of hydrogen-bond donors (Lipinski definition) is 1. The topological polar surface area (TPSA) is 45.2 Å². The van der Waals surface area contributed by atoms with Crippen LogP contribution in [0.4, 0.5) is 11.4 Å². The van der Waals surface area contributed by atoms with Gasteiger partial charge in [0.1, 0.15) is 0 Å². The van der Waals surface area contributed by atoms with Crippen LogP contribution in [0.3, 0.4) is 0 Å². The number of amides is 1. The third-order valence-corrected chi connectivity index (χ3v) is 4.31. The quantitative estimate of drug-likeness (QED) is 0.882. The first kappa shape index (κ1) is 14.9. The highest BCUT2D eigenvalue weighted by Gasteiger charge is 2.24. The fraction of sp³-hybridized carbons (Fsp3) is 0.294. The maximum atomic E-state index is 12.3. The number of nitrogens with zero attached hydrogens (tertiary/aromatic N) is 2. The van der Waals surface area contributed by atoms with Gasteiger partial charge in [-0.15, -0.1) is 0 Å². The van der Waals surface area contributed by atoms with Crippen LogP contribution in [0.1, 0.15) is 18.9 Å². The number of fused-ring (bicyclic) bond motifs is 1. The largest absolute Gasteiger partial charge is 0.359 e. The molecule has 1 N–H and O–H groups in total. The minimum Gasteiger partial charge on any atom is -0.359 e. The number of nitrogens with one attached hydrogen (secondary N) is 1. The van der Waals surface area contributed by atoms with Gasteiger partial charge in [0, 0.05) is 17.9 Å². The molecule has 1 aliphatic rings. The Hall–Kier alpha value is -2.07. The predicted octanol–water partition coefficient (Wildman–Crippen LogP) is 3.51. The van der Waals surface area contributed by atoms with Gasteiger partial charge in [-0.25, -0.2) is 4.98 Å². The molecule has 0 unspecified atom stereocenters. The van der Waals surface area contributed by atoms with E-state index in [0.717, 1.165) is 18.5 Å². The van der Waals surface area contributed by atoms with Crippen LogP contribution in [0.2, 0.25) is 5.15 Å². The van der Waals surface area contributed by atoms with Gasteiger partial charge in [0.25, 0.3) is 0 Å². The monoisotopic (exact) mass is 315 g/mol. The number of pyridine rings is 1. The molecule has 0 aliphatic carbocycles. The Kier molecular flexibility index (Phi) is 4.29. The predicted molar refractivity (Wildman–Crippen MR) is 89.4 cm³/mol. The van der Waals surface area contributed by atoms with E-state index in [2.05, 4.69) is 34.3 Å². The fourth-order valence-corrected chi connectivity index (χ4v) is 2.99. The van der Waals surface area contributed by atoms with Crippen molar-refractivity contribution in [2.45, 2.75) is 25.8 Å². The third-order valence-electron chi connectivity index (χ3n) is 4.01. The molecule has 22 heavy (non-hydrogen) atoms. The zero-order chi connectivity index (χ0) is 15.5. The van der Waals surface area contributed by atoms with E-state index in [4.69, 9.17) is 11.6 Å². The summed E-state index contributed by atoms with van der Waals surface area (Å²) in [7, 11) is 0. The molecule has 1 atom stereocenters. The normalized spacial score (nSPS) is 17.0. The number of aryl methyl sites for hydroxylation is 1. The van der Waals surface area contributed by atoms with Crippen LogP contribution in [-0.4, -0.2) is 23.5 Å². The molecule has 0 radical (unpaired) electrons. The van der Waals surface area contributed by atoms with E-state index in [1.165, 1.54) is 5.56 Å². The molecule has 114 valence electrons. The summed E-state index contributed by atoms with van der Waals surface area (Å²) in [6.07, 6.45) is 3.71. The second-order valence-corrected chi connectivity index (χ2v) is 5.89. The minimum absolute atomic E-state index is 0.0848. The number of carbonyl (C=O) groups is 1. The van der Waals surface area contributed by atoms with Crippen molar-refractivity contribution >= 4 is 28.9 Å². The molecule has 0 saturated heterocycles. The highest BCUT2D eigenvalue weighted by molar-refractivity contribution is 6.32. The molecule has 4 nitrogen and oxygen atoms in total. The van der Waals surface area contributed by atoms with Gasteiger partial charge in [0.05, 0.1) is 12.2 Å². The number of halogens is 1. The molecule has 0 bridgehead atoms. The van der Waals surface area contributed by atoms with Gasteiger partial charge in [-0.1, -0.05) is 29.8 Å². The van der Waals surface area contributed by atoms with Crippen LogP contribution in [0.25, 0.3) is 0 Å². The van der Waals surface area contributed by atoms with Gasteiger partial charge in [-0.3, -0.25) is 4.79 Å². The molecular weight excluding hydrogens is 298 g/mol. The van der Waals surface area contributed by atoms with Crippen molar-refractivity contribution in [1.82, 2.24) is 4.98 Å². The number of carbonyl (C=O) groups excluding carboxylic acids is 1. The summed E-state index contributed by atoms with van der Waals surface area (Å²) in [5.41, 5.74) is 2.99. The van der Waals surface area contributed by atoms with E-state index < -0.39 is 0 Å². The summed E-state index contributed by atoms with van der Waals surface area (Å²) in [5.74, 6) is -0.0848. The number of rotatable bonds is 3. The van der Waals surface area contributed by atoms with Crippen LogP contribution in [0.15, 0.2) is 42.6 Å². The van der Waals surface area contributed by atoms with Gasteiger partial charge in [0.15, 0.2) is 5.15 Å². The van der Waals surface area contributed by atoms with E-state index in [1.807, 2.05) is 12.1 Å². The molecule has 0 saturated carbocycles. The second-order valence-electron chi connectivity index (χ2n) is 5.53. The van der Waals surface area contributed by atoms with Gasteiger partial charge in [0.2, 0.25) is 5.91 Å². The highest BCUT2D eigenvalue weighted by Crippen LogP contribution is 2.30. The first-order chi connectivity index (χ1) is 10.6. The zero-order valence-corrected chi connectivity index (χ0v) is 13.2. The Balaban J connectivity index is 1.75. The molecule has 1 aromatic carbocycles. The Morgan fingerprint density at radius 3 is 3.00 bits per heavy atom. The Labute approximate surface area is 135 Å². The van der Waals surface area contributed by atoms with Crippen LogP contribution < -0.4 is 10.2 Å². The fourth-order valence-electron chi connectivity index (χ4n) is 2.82. The number of benzene rings is 1. The number of hydrogen-bond acceptors (Lipinski definition) is 3. The summed E-state index contributed by atoms with van der Waals surface area (Å²) in [5, 5.41) is 3.14. The molecule has 1 amide bonds. The molecule has 0 spiro atoms. The molecular formula is C17H18ClN3O. The van der Waals surface area contributed by atoms with E-state index >= 15 is 0 Å². The van der Waals surface area contributed by atoms with Crippen molar-refractivity contribution in [3.05, 3.63) is 53.3 Å². The molecule has 1 aromatic heterocycles. The molecule has 0 fully saturated rings. The minimum atomic E-state index is -0.0848. The number of para-hydroxylation sites is 1. The van der Waals surface area contributed by atoms with E-state index in [9.17, 15) is 4.79 Å². The van der Waals surface area contributed by atoms with Gasteiger partial charge >= 0.3 is 0 Å². The SMILES string of the molecule is C[C@@H]1CCc2ccccc2N1CC(=O)Nc1cccnc1Cl. The lowest BCUT2D eigenvalue weighted by atomic mass is 9.96. The molecule has 3 rings (SSSR count). The maximum Gasteiger partial charge on any atom is 0.243 e. The Bertz CT molecular complexity index is 689. The molecule has 2 aromatic rings. The van der Waals surface area contributed by atoms with Gasteiger partial charge < -0.3 is 10.2 Å². The summed E-state index contributed by atoms with van der Waals surface area (Å²) in [6.45, 7) is 2.46. The maximum absolute atomic E-state index is 12.3. The smallest absolute Gasteiger partial charge is 0.243 e. The standard InChI is InChI=1S/C17H18ClN3O/c1-12-8-9-13-5-2-3-7-15(13)21(12)11-16(22)20-14-6-4-10-19-17(14)18/h2-7,10,12H,8-9,11H2,1H3,(H,20,22)/t12-/m1/s1. The second kappa shape index (κ2) is 6.36. The summed E-state index contributed by atoms with van der Waals surface area (Å²) < 4.78 is 0. The van der Waals surface area contributed by atoms with Gasteiger partial charge in [-0.05, 0) is 43.5 Å². The van der Waals surface area contributed by atoms with Crippen LogP contribution in [0, 0.1) is 0 Å². The van der Waals surface area contributed by atoms with Crippen molar-refractivity contribution in [3.8, 4) is 0 Å². The lowest BCUT2D eigenvalue weighted by molar-refractivity contribution is -0.115. The highest BCUT2D eigenvalue weighted by atomic mass is 35.5. The molecule has 2 heterocycles. The van der Waals surface area contributed by atoms with Crippen molar-refractivity contribution < 1.29 is 4.79 Å². The average Bonchev–Trinajstić information content (AvgIpc) is 2.52. The van der Waals surface area contributed by atoms with Gasteiger partial charge in [-0.2, -0.15) is 0 Å². The molecule has 1 aliphatic heterocycles. The lowest BCUT2D eigenvalue weighted by Gasteiger charge is -2.36. The van der Waals surface area contributed by atoms with Crippen molar-refractivity contribution in [3.63, 3.8) is 0 Å². The molecule has 5 heteroatoms. The zero-order valence-electron chi connectivity index (χ0n) is 12.4. The van der Waals surface area contributed by atoms with Crippen LogP contribution in [0.5, 0.6) is 0 Å². The third kappa shape index (κ3) is 3.07. The summed E-state index contributed by atoms with van der Waals surface area (Å²) in [6, 6.07) is 12.1. The Morgan fingerprint density at radius 2 is 2.18 bits per heavy atom. The summed E-state index contributed by atoms with van der Waals surface area (Å²) >= 11 is 5.98. The Morgan fingerprint density at radius 1 is 1.36 bits per heavy atom. The summed E-state index contributed by atoms with van der Waals surface area (Å²) in [4.78, 5) is 18.5.